The number of rotatable bonds is 2. The summed E-state index contributed by atoms with van der Waals surface area (Å²) in [5, 5.41) is 1.75. The normalized spacial score (nSPS) is 17.7. The molecule has 1 saturated heterocycles. The number of hydrogen-bond acceptors (Lipinski definition) is 6. The summed E-state index contributed by atoms with van der Waals surface area (Å²) in [7, 11) is 0. The number of piperidine rings is 1. The van der Waals surface area contributed by atoms with Crippen LogP contribution in [0, 0.1) is 0 Å². The van der Waals surface area contributed by atoms with Crippen LogP contribution in [-0.2, 0) is 13.0 Å². The molecule has 1 fully saturated rings. The quantitative estimate of drug-likeness (QED) is 0.890. The van der Waals surface area contributed by atoms with Gasteiger partial charge in [-0.05, 0) is 25.7 Å². The van der Waals surface area contributed by atoms with Crippen molar-refractivity contribution < 1.29 is 4.79 Å². The van der Waals surface area contributed by atoms with E-state index in [4.69, 9.17) is 0 Å². The smallest absolute Gasteiger partial charge is 0.273 e. The summed E-state index contributed by atoms with van der Waals surface area (Å²) in [5.41, 5.74) is 3.47. The van der Waals surface area contributed by atoms with E-state index in [0.717, 1.165) is 25.9 Å². The fraction of sp³-hybridized carbons (Fsp3) is 0.500. The van der Waals surface area contributed by atoms with Gasteiger partial charge in [0.1, 0.15) is 5.69 Å². The van der Waals surface area contributed by atoms with Crippen molar-refractivity contribution in [2.24, 2.45) is 0 Å². The molecular weight excluding hydrogens is 326 g/mol. The molecule has 8 heteroatoms. The predicted octanol–water partition coefficient (Wildman–Crippen LogP) is 1.42. The average Bonchev–Trinajstić information content (AvgIpc) is 3.16. The van der Waals surface area contributed by atoms with Gasteiger partial charge in [-0.25, -0.2) is 9.97 Å². The molecule has 0 spiro atoms. The fourth-order valence-electron chi connectivity index (χ4n) is 3.34. The number of thiazole rings is 1. The number of nitrogens with zero attached hydrogens (tertiary/aromatic N) is 4. The van der Waals surface area contributed by atoms with Crippen LogP contribution in [0.3, 0.4) is 0 Å². The van der Waals surface area contributed by atoms with Gasteiger partial charge in [-0.15, -0.1) is 11.3 Å². The molecule has 0 aliphatic carbocycles. The number of aromatic amines is 1. The number of carbonyl (C=O) groups is 1. The lowest BCUT2D eigenvalue weighted by Crippen LogP contribution is -2.40. The van der Waals surface area contributed by atoms with E-state index in [9.17, 15) is 9.59 Å². The molecule has 4 rings (SSSR count). The maximum Gasteiger partial charge on any atom is 0.273 e. The van der Waals surface area contributed by atoms with Gasteiger partial charge in [0.05, 0.1) is 17.7 Å². The maximum absolute atomic E-state index is 12.5. The Morgan fingerprint density at radius 2 is 2.04 bits per heavy atom. The van der Waals surface area contributed by atoms with E-state index in [2.05, 4.69) is 19.9 Å². The van der Waals surface area contributed by atoms with Crippen molar-refractivity contribution in [1.82, 2.24) is 19.9 Å². The molecule has 126 valence electrons. The third-order valence-electron chi connectivity index (χ3n) is 4.66. The summed E-state index contributed by atoms with van der Waals surface area (Å²) in [4.78, 5) is 40.4. The molecule has 0 saturated carbocycles. The van der Waals surface area contributed by atoms with Gasteiger partial charge in [0.15, 0.2) is 0 Å². The van der Waals surface area contributed by atoms with E-state index in [0.29, 0.717) is 42.4 Å². The Bertz CT molecular complexity index is 795. The van der Waals surface area contributed by atoms with Crippen LogP contribution < -0.4 is 10.5 Å². The highest BCUT2D eigenvalue weighted by molar-refractivity contribution is 7.07. The predicted molar refractivity (Wildman–Crippen MR) is 91.5 cm³/mol. The van der Waals surface area contributed by atoms with Crippen LogP contribution in [0.25, 0.3) is 0 Å². The first-order valence-electron chi connectivity index (χ1n) is 8.27. The lowest BCUT2D eigenvalue weighted by atomic mass is 10.1. The first-order valence-corrected chi connectivity index (χ1v) is 9.21. The van der Waals surface area contributed by atoms with Crippen LogP contribution in [0.1, 0.15) is 41.0 Å². The average molecular weight is 345 g/mol. The third kappa shape index (κ3) is 2.82. The molecule has 24 heavy (non-hydrogen) atoms. The highest BCUT2D eigenvalue weighted by atomic mass is 32.1. The molecule has 2 aliphatic rings. The van der Waals surface area contributed by atoms with Gasteiger partial charge in [-0.3, -0.25) is 14.6 Å². The molecule has 0 atom stereocenters. The molecule has 2 aromatic heterocycles. The van der Waals surface area contributed by atoms with Crippen LogP contribution >= 0.6 is 11.3 Å². The van der Waals surface area contributed by atoms with Crippen LogP contribution in [0.5, 0.6) is 0 Å². The van der Waals surface area contributed by atoms with Gasteiger partial charge in [0.2, 0.25) is 5.95 Å². The zero-order valence-corrected chi connectivity index (χ0v) is 14.1. The van der Waals surface area contributed by atoms with E-state index < -0.39 is 0 Å². The molecule has 1 N–H and O–H groups in total. The van der Waals surface area contributed by atoms with Gasteiger partial charge in [-0.1, -0.05) is 0 Å². The topological polar surface area (TPSA) is 82.2 Å². The van der Waals surface area contributed by atoms with Crippen molar-refractivity contribution in [3.63, 3.8) is 0 Å². The monoisotopic (exact) mass is 345 g/mol. The lowest BCUT2D eigenvalue weighted by molar-refractivity contribution is 0.0726. The second kappa shape index (κ2) is 6.35. The number of carbonyl (C=O) groups excluding carboxylic acids is 1. The highest BCUT2D eigenvalue weighted by Crippen LogP contribution is 2.20. The van der Waals surface area contributed by atoms with E-state index >= 15 is 0 Å². The summed E-state index contributed by atoms with van der Waals surface area (Å²) in [6.07, 6.45) is 4.00. The van der Waals surface area contributed by atoms with Crippen molar-refractivity contribution in [3.05, 3.63) is 38.2 Å². The SMILES string of the molecule is O=C(c1cscn1)N1CCc2c(nc(N3CCCCC3)[nH]c2=O)C1. The van der Waals surface area contributed by atoms with Gasteiger partial charge >= 0.3 is 0 Å². The molecular formula is C16H19N5O2S. The minimum absolute atomic E-state index is 0.0682. The number of nitrogens with one attached hydrogen (secondary N) is 1. The minimum atomic E-state index is -0.0940. The van der Waals surface area contributed by atoms with E-state index in [-0.39, 0.29) is 11.5 Å². The van der Waals surface area contributed by atoms with E-state index in [1.54, 1.807) is 15.8 Å². The number of fused-ring (bicyclic) bond motifs is 1. The fourth-order valence-corrected chi connectivity index (χ4v) is 3.86. The van der Waals surface area contributed by atoms with Crippen LogP contribution in [0.15, 0.2) is 15.7 Å². The van der Waals surface area contributed by atoms with Gasteiger partial charge in [-0.2, -0.15) is 0 Å². The number of anilines is 1. The van der Waals surface area contributed by atoms with Crippen LogP contribution in [0.4, 0.5) is 5.95 Å². The zero-order valence-electron chi connectivity index (χ0n) is 13.3. The largest absolute Gasteiger partial charge is 0.342 e. The van der Waals surface area contributed by atoms with Crippen molar-refractivity contribution in [1.29, 1.82) is 0 Å². The Hall–Kier alpha value is -2.22. The van der Waals surface area contributed by atoms with Crippen LogP contribution in [0.2, 0.25) is 0 Å². The summed E-state index contributed by atoms with van der Waals surface area (Å²) >= 11 is 1.41. The summed E-state index contributed by atoms with van der Waals surface area (Å²) < 4.78 is 0. The molecule has 2 aromatic rings. The van der Waals surface area contributed by atoms with Crippen molar-refractivity contribution in [2.75, 3.05) is 24.5 Å². The third-order valence-corrected chi connectivity index (χ3v) is 5.24. The second-order valence-corrected chi connectivity index (χ2v) is 6.93. The van der Waals surface area contributed by atoms with Gasteiger partial charge < -0.3 is 9.80 Å². The zero-order chi connectivity index (χ0) is 16.5. The number of H-pyrrole nitrogens is 1. The number of aromatic nitrogens is 3. The molecule has 0 bridgehead atoms. The Balaban J connectivity index is 1.61. The van der Waals surface area contributed by atoms with Gasteiger partial charge in [0.25, 0.3) is 11.5 Å². The minimum Gasteiger partial charge on any atom is -0.342 e. The maximum atomic E-state index is 12.5. The molecule has 7 nitrogen and oxygen atoms in total. The second-order valence-electron chi connectivity index (χ2n) is 6.21. The Labute approximate surface area is 143 Å². The Kier molecular flexibility index (Phi) is 4.05. The van der Waals surface area contributed by atoms with Crippen molar-refractivity contribution in [3.8, 4) is 0 Å². The Morgan fingerprint density at radius 1 is 1.21 bits per heavy atom. The van der Waals surface area contributed by atoms with Crippen LogP contribution in [-0.4, -0.2) is 45.4 Å². The summed E-state index contributed by atoms with van der Waals surface area (Å²) in [6, 6.07) is 0. The Morgan fingerprint density at radius 3 is 2.79 bits per heavy atom. The molecule has 0 unspecified atom stereocenters. The van der Waals surface area contributed by atoms with Gasteiger partial charge in [0, 0.05) is 30.6 Å². The summed E-state index contributed by atoms with van der Waals surface area (Å²) in [5.74, 6) is 0.546. The molecule has 4 heterocycles. The molecule has 0 radical (unpaired) electrons. The van der Waals surface area contributed by atoms with Crippen molar-refractivity contribution >= 4 is 23.2 Å². The standard InChI is InChI=1S/C16H19N5O2S/c22-14-11-4-7-21(15(23)13-9-24-10-17-13)8-12(11)18-16(19-14)20-5-2-1-3-6-20/h9-10H,1-8H2,(H,18,19,22). The number of hydrogen-bond donors (Lipinski definition) is 1. The first kappa shape index (κ1) is 15.3. The molecule has 1 amide bonds. The van der Waals surface area contributed by atoms with E-state index in [1.807, 2.05) is 0 Å². The number of amides is 1. The van der Waals surface area contributed by atoms with Crippen molar-refractivity contribution in [2.45, 2.75) is 32.2 Å². The van der Waals surface area contributed by atoms with E-state index in [1.165, 1.54) is 17.8 Å². The first-order chi connectivity index (χ1) is 11.7. The molecule has 0 aromatic carbocycles. The molecule has 2 aliphatic heterocycles. The lowest BCUT2D eigenvalue weighted by Gasteiger charge is -2.30. The highest BCUT2D eigenvalue weighted by Gasteiger charge is 2.27. The summed E-state index contributed by atoms with van der Waals surface area (Å²) in [6.45, 7) is 2.74.